The van der Waals surface area contributed by atoms with Gasteiger partial charge in [-0.25, -0.2) is 4.68 Å². The Hall–Kier alpha value is -3.32. The van der Waals surface area contributed by atoms with Crippen molar-refractivity contribution in [2.75, 3.05) is 13.1 Å². The van der Waals surface area contributed by atoms with Crippen LogP contribution in [-0.2, 0) is 13.1 Å². The molecule has 0 bridgehead atoms. The number of nitro benzene ring substituents is 1. The molecule has 0 aliphatic carbocycles. The zero-order chi connectivity index (χ0) is 20.9. The quantitative estimate of drug-likeness (QED) is 0.462. The molecular formula is C23H24N4O3. The van der Waals surface area contributed by atoms with Crippen LogP contribution in [0.3, 0.4) is 0 Å². The molecule has 3 aromatic rings. The summed E-state index contributed by atoms with van der Waals surface area (Å²) in [5, 5.41) is 15.3. The molecule has 0 radical (unpaired) electrons. The lowest BCUT2D eigenvalue weighted by Crippen LogP contribution is -2.39. The Morgan fingerprint density at radius 2 is 1.67 bits per heavy atom. The van der Waals surface area contributed by atoms with Gasteiger partial charge in [0.25, 0.3) is 11.2 Å². The molecule has 0 unspecified atom stereocenters. The smallest absolute Gasteiger partial charge is 0.269 e. The van der Waals surface area contributed by atoms with Gasteiger partial charge in [-0.1, -0.05) is 30.3 Å². The van der Waals surface area contributed by atoms with Crippen LogP contribution >= 0.6 is 0 Å². The molecule has 1 aliphatic heterocycles. The fourth-order valence-corrected chi connectivity index (χ4v) is 3.93. The summed E-state index contributed by atoms with van der Waals surface area (Å²) >= 11 is 0. The summed E-state index contributed by atoms with van der Waals surface area (Å²) in [7, 11) is 0. The van der Waals surface area contributed by atoms with Crippen molar-refractivity contribution < 1.29 is 4.92 Å². The molecule has 0 atom stereocenters. The van der Waals surface area contributed by atoms with E-state index < -0.39 is 4.92 Å². The van der Waals surface area contributed by atoms with E-state index in [2.05, 4.69) is 34.3 Å². The van der Waals surface area contributed by atoms with Crippen LogP contribution in [0.1, 0.15) is 18.4 Å². The first-order valence-electron chi connectivity index (χ1n) is 10.2. The van der Waals surface area contributed by atoms with E-state index in [0.29, 0.717) is 18.3 Å². The van der Waals surface area contributed by atoms with Gasteiger partial charge in [0.2, 0.25) is 0 Å². The third-order valence-corrected chi connectivity index (χ3v) is 5.65. The Bertz CT molecular complexity index is 1060. The van der Waals surface area contributed by atoms with Gasteiger partial charge in [-0.05, 0) is 48.9 Å². The topological polar surface area (TPSA) is 81.3 Å². The van der Waals surface area contributed by atoms with E-state index in [1.807, 2.05) is 6.07 Å². The van der Waals surface area contributed by atoms with E-state index >= 15 is 0 Å². The Morgan fingerprint density at radius 3 is 2.33 bits per heavy atom. The van der Waals surface area contributed by atoms with E-state index in [-0.39, 0.29) is 11.2 Å². The highest BCUT2D eigenvalue weighted by atomic mass is 16.6. The van der Waals surface area contributed by atoms with Gasteiger partial charge in [0.15, 0.2) is 0 Å². The molecule has 7 nitrogen and oxygen atoms in total. The van der Waals surface area contributed by atoms with E-state index in [0.717, 1.165) is 37.9 Å². The number of benzene rings is 2. The highest BCUT2D eigenvalue weighted by Gasteiger charge is 2.20. The maximum atomic E-state index is 12.3. The van der Waals surface area contributed by atoms with Gasteiger partial charge in [-0.3, -0.25) is 19.8 Å². The molecule has 2 aromatic carbocycles. The van der Waals surface area contributed by atoms with Crippen molar-refractivity contribution in [3.8, 4) is 11.3 Å². The van der Waals surface area contributed by atoms with Crippen molar-refractivity contribution >= 4 is 5.69 Å². The summed E-state index contributed by atoms with van der Waals surface area (Å²) in [5.74, 6) is 0.666. The molecule has 0 spiro atoms. The molecule has 4 rings (SSSR count). The van der Waals surface area contributed by atoms with Gasteiger partial charge in [0, 0.05) is 36.9 Å². The maximum Gasteiger partial charge on any atom is 0.269 e. The number of likely N-dealkylation sites (tertiary alicyclic amines) is 1. The third kappa shape index (κ3) is 4.80. The van der Waals surface area contributed by atoms with Crippen LogP contribution in [-0.4, -0.2) is 32.7 Å². The van der Waals surface area contributed by atoms with Gasteiger partial charge < -0.3 is 0 Å². The summed E-state index contributed by atoms with van der Waals surface area (Å²) in [4.78, 5) is 25.0. The Morgan fingerprint density at radius 1 is 0.967 bits per heavy atom. The Kier molecular flexibility index (Phi) is 5.99. The molecule has 1 aliphatic rings. The number of rotatable bonds is 6. The van der Waals surface area contributed by atoms with Crippen molar-refractivity contribution in [2.24, 2.45) is 5.92 Å². The van der Waals surface area contributed by atoms with Crippen LogP contribution in [0.2, 0.25) is 0 Å². The second-order valence-electron chi connectivity index (χ2n) is 7.75. The van der Waals surface area contributed by atoms with Crippen LogP contribution in [0.5, 0.6) is 0 Å². The first-order chi connectivity index (χ1) is 14.6. The van der Waals surface area contributed by atoms with Crippen molar-refractivity contribution in [3.63, 3.8) is 0 Å². The van der Waals surface area contributed by atoms with Crippen molar-refractivity contribution in [2.45, 2.75) is 25.9 Å². The molecule has 7 heteroatoms. The predicted molar refractivity (Wildman–Crippen MR) is 115 cm³/mol. The van der Waals surface area contributed by atoms with Crippen LogP contribution in [0.25, 0.3) is 11.3 Å². The average Bonchev–Trinajstić information content (AvgIpc) is 2.77. The summed E-state index contributed by atoms with van der Waals surface area (Å²) in [6, 6.07) is 19.9. The number of piperidine rings is 1. The molecule has 0 amide bonds. The zero-order valence-electron chi connectivity index (χ0n) is 16.7. The minimum absolute atomic E-state index is 0.0328. The normalized spacial score (nSPS) is 15.2. The molecule has 2 heterocycles. The molecule has 1 fully saturated rings. The summed E-state index contributed by atoms with van der Waals surface area (Å²) < 4.78 is 1.48. The van der Waals surface area contributed by atoms with Crippen LogP contribution < -0.4 is 5.56 Å². The van der Waals surface area contributed by atoms with Crippen LogP contribution in [0.15, 0.2) is 71.5 Å². The second-order valence-corrected chi connectivity index (χ2v) is 7.75. The van der Waals surface area contributed by atoms with E-state index in [9.17, 15) is 14.9 Å². The third-order valence-electron chi connectivity index (χ3n) is 5.65. The number of hydrogen-bond donors (Lipinski definition) is 0. The van der Waals surface area contributed by atoms with Gasteiger partial charge in [0.1, 0.15) is 0 Å². The molecule has 154 valence electrons. The predicted octanol–water partition coefficient (Wildman–Crippen LogP) is 3.73. The van der Waals surface area contributed by atoms with Crippen LogP contribution in [0, 0.1) is 16.0 Å². The lowest BCUT2D eigenvalue weighted by molar-refractivity contribution is -0.384. The molecule has 1 saturated heterocycles. The second kappa shape index (κ2) is 9.00. The molecule has 30 heavy (non-hydrogen) atoms. The number of nitro groups is 1. The molecule has 0 saturated carbocycles. The first kappa shape index (κ1) is 20.0. The van der Waals surface area contributed by atoms with E-state index in [4.69, 9.17) is 0 Å². The lowest BCUT2D eigenvalue weighted by atomic mass is 9.90. The van der Waals surface area contributed by atoms with Gasteiger partial charge in [-0.15, -0.1) is 0 Å². The number of hydrogen-bond acceptors (Lipinski definition) is 5. The SMILES string of the molecule is O=c1ccc(-c2ccc([N+](=O)[O-])cc2)nn1CN1CCC(Cc2ccccc2)CC1. The summed E-state index contributed by atoms with van der Waals surface area (Å²) in [6.45, 7) is 2.33. The minimum Gasteiger partial charge on any atom is -0.284 e. The van der Waals surface area contributed by atoms with Gasteiger partial charge in [0.05, 0.1) is 17.3 Å². The molecule has 1 aromatic heterocycles. The Balaban J connectivity index is 1.39. The number of nitrogens with zero attached hydrogens (tertiary/aromatic N) is 4. The molecule has 0 N–H and O–H groups in total. The first-order valence-corrected chi connectivity index (χ1v) is 10.2. The molecular weight excluding hydrogens is 380 g/mol. The highest BCUT2D eigenvalue weighted by Crippen LogP contribution is 2.22. The van der Waals surface area contributed by atoms with Gasteiger partial charge >= 0.3 is 0 Å². The van der Waals surface area contributed by atoms with E-state index in [1.54, 1.807) is 18.2 Å². The fraction of sp³-hybridized carbons (Fsp3) is 0.304. The standard InChI is InChI=1S/C23H24N4O3/c28-23-11-10-22(20-6-8-21(9-7-20)27(29)30)24-26(23)17-25-14-12-19(13-15-25)16-18-4-2-1-3-5-18/h1-11,19H,12-17H2. The number of aromatic nitrogens is 2. The minimum atomic E-state index is -0.431. The van der Waals surface area contributed by atoms with Crippen molar-refractivity contribution in [1.29, 1.82) is 0 Å². The van der Waals surface area contributed by atoms with Crippen molar-refractivity contribution in [3.05, 3.63) is 92.8 Å². The highest BCUT2D eigenvalue weighted by molar-refractivity contribution is 5.60. The van der Waals surface area contributed by atoms with E-state index in [1.165, 1.54) is 28.4 Å². The largest absolute Gasteiger partial charge is 0.284 e. The average molecular weight is 404 g/mol. The summed E-state index contributed by atoms with van der Waals surface area (Å²) in [5.41, 5.74) is 2.64. The summed E-state index contributed by atoms with van der Waals surface area (Å²) in [6.07, 6.45) is 3.31. The maximum absolute atomic E-state index is 12.3. The number of non-ortho nitro benzene ring substituents is 1. The van der Waals surface area contributed by atoms with Gasteiger partial charge in [-0.2, -0.15) is 5.10 Å². The Labute approximate surface area is 174 Å². The zero-order valence-corrected chi connectivity index (χ0v) is 16.7. The van der Waals surface area contributed by atoms with Crippen LogP contribution in [0.4, 0.5) is 5.69 Å². The monoisotopic (exact) mass is 404 g/mol. The lowest BCUT2D eigenvalue weighted by Gasteiger charge is -2.32. The van der Waals surface area contributed by atoms with Crippen molar-refractivity contribution in [1.82, 2.24) is 14.7 Å². The fourth-order valence-electron chi connectivity index (χ4n) is 3.93.